The summed E-state index contributed by atoms with van der Waals surface area (Å²) in [6, 6.07) is 0.716. The molecule has 1 aliphatic carbocycles. The molecule has 0 bridgehead atoms. The van der Waals surface area contributed by atoms with Gasteiger partial charge in [-0.05, 0) is 38.0 Å². The molecule has 0 saturated heterocycles. The molecular weight excluding hydrogens is 170 g/mol. The van der Waals surface area contributed by atoms with Crippen LogP contribution in [-0.2, 0) is 0 Å². The lowest BCUT2D eigenvalue weighted by Gasteiger charge is -2.14. The maximum absolute atomic E-state index is 8.58. The van der Waals surface area contributed by atoms with Gasteiger partial charge in [0.05, 0.1) is 0 Å². The third-order valence-corrected chi connectivity index (χ3v) is 3.48. The Labute approximate surface area is 79.1 Å². The minimum Gasteiger partial charge on any atom is -0.396 e. The minimum absolute atomic E-state index is 0.334. The Kier molecular flexibility index (Phi) is 5.04. The predicted octanol–water partition coefficient (Wildman–Crippen LogP) is 1.10. The van der Waals surface area contributed by atoms with E-state index in [2.05, 4.69) is 12.4 Å². The Bertz CT molecular complexity index is 117. The second-order valence-corrected chi connectivity index (χ2v) is 4.53. The van der Waals surface area contributed by atoms with Gasteiger partial charge in [0.1, 0.15) is 0 Å². The van der Waals surface area contributed by atoms with E-state index in [1.165, 1.54) is 18.6 Å². The molecule has 0 amide bonds. The van der Waals surface area contributed by atoms with Crippen molar-refractivity contribution in [2.24, 2.45) is 5.92 Å². The Balaban J connectivity index is 1.95. The van der Waals surface area contributed by atoms with Crippen LogP contribution in [0.5, 0.6) is 0 Å². The van der Waals surface area contributed by atoms with Crippen LogP contribution in [-0.4, -0.2) is 36.3 Å². The molecule has 0 aromatic rings. The van der Waals surface area contributed by atoms with Crippen molar-refractivity contribution in [3.63, 3.8) is 0 Å². The van der Waals surface area contributed by atoms with Crippen LogP contribution >= 0.6 is 11.8 Å². The summed E-state index contributed by atoms with van der Waals surface area (Å²) in [5, 5.41) is 11.9. The van der Waals surface area contributed by atoms with Crippen LogP contribution in [0.2, 0.25) is 0 Å². The average Bonchev–Trinajstić information content (AvgIpc) is 2.88. The van der Waals surface area contributed by atoms with Crippen LogP contribution in [0.15, 0.2) is 0 Å². The molecule has 0 aliphatic heterocycles. The highest BCUT2D eigenvalue weighted by Crippen LogP contribution is 2.33. The number of aliphatic hydroxyl groups is 1. The lowest BCUT2D eigenvalue weighted by Crippen LogP contribution is -2.29. The maximum Gasteiger partial charge on any atom is 0.0438 e. The number of nitrogens with one attached hydrogen (secondary N) is 1. The maximum atomic E-state index is 8.58. The van der Waals surface area contributed by atoms with Gasteiger partial charge in [0.15, 0.2) is 0 Å². The number of hydrogen-bond acceptors (Lipinski definition) is 3. The van der Waals surface area contributed by atoms with Crippen molar-refractivity contribution in [2.45, 2.75) is 25.3 Å². The summed E-state index contributed by atoms with van der Waals surface area (Å²) in [4.78, 5) is 0. The van der Waals surface area contributed by atoms with E-state index in [1.807, 2.05) is 11.8 Å². The number of rotatable bonds is 7. The normalized spacial score (nSPS) is 19.5. The second kappa shape index (κ2) is 5.84. The van der Waals surface area contributed by atoms with Crippen molar-refractivity contribution >= 4 is 11.8 Å². The Hall–Kier alpha value is 0.270. The molecule has 1 fully saturated rings. The highest BCUT2D eigenvalue weighted by molar-refractivity contribution is 7.99. The highest BCUT2D eigenvalue weighted by Gasteiger charge is 2.29. The molecule has 3 heteroatoms. The van der Waals surface area contributed by atoms with Crippen molar-refractivity contribution in [1.29, 1.82) is 0 Å². The standard InChI is InChI=1S/C9H19NOS/c1-10-9(8-3-4-8)7-12-6-2-5-11/h8-11H,2-7H2,1H3. The molecule has 1 atom stereocenters. The number of thioether (sulfide) groups is 1. The zero-order valence-corrected chi connectivity index (χ0v) is 8.57. The van der Waals surface area contributed by atoms with Crippen LogP contribution in [0.1, 0.15) is 19.3 Å². The Morgan fingerprint density at radius 3 is 2.83 bits per heavy atom. The first kappa shape index (κ1) is 10.4. The van der Waals surface area contributed by atoms with Gasteiger partial charge in [-0.1, -0.05) is 0 Å². The summed E-state index contributed by atoms with van der Waals surface area (Å²) >= 11 is 1.96. The molecule has 0 spiro atoms. The predicted molar refractivity (Wildman–Crippen MR) is 54.6 cm³/mol. The van der Waals surface area contributed by atoms with Gasteiger partial charge in [-0.2, -0.15) is 11.8 Å². The van der Waals surface area contributed by atoms with Crippen molar-refractivity contribution in [3.8, 4) is 0 Å². The fourth-order valence-electron chi connectivity index (χ4n) is 1.33. The first-order chi connectivity index (χ1) is 5.88. The zero-order valence-electron chi connectivity index (χ0n) is 7.75. The summed E-state index contributed by atoms with van der Waals surface area (Å²) < 4.78 is 0. The molecule has 72 valence electrons. The molecule has 2 nitrogen and oxygen atoms in total. The summed E-state index contributed by atoms with van der Waals surface area (Å²) in [7, 11) is 2.05. The first-order valence-electron chi connectivity index (χ1n) is 4.74. The number of aliphatic hydroxyl groups excluding tert-OH is 1. The van der Waals surface area contributed by atoms with Gasteiger partial charge in [-0.25, -0.2) is 0 Å². The third-order valence-electron chi connectivity index (χ3n) is 2.31. The topological polar surface area (TPSA) is 32.3 Å². The van der Waals surface area contributed by atoms with Crippen LogP contribution in [0.25, 0.3) is 0 Å². The third kappa shape index (κ3) is 3.78. The van der Waals surface area contributed by atoms with E-state index in [0.717, 1.165) is 18.1 Å². The van der Waals surface area contributed by atoms with E-state index in [4.69, 9.17) is 5.11 Å². The lowest BCUT2D eigenvalue weighted by molar-refractivity contribution is 0.296. The van der Waals surface area contributed by atoms with E-state index in [1.54, 1.807) is 0 Å². The van der Waals surface area contributed by atoms with Crippen molar-refractivity contribution in [3.05, 3.63) is 0 Å². The van der Waals surface area contributed by atoms with Crippen molar-refractivity contribution < 1.29 is 5.11 Å². The largest absolute Gasteiger partial charge is 0.396 e. The monoisotopic (exact) mass is 189 g/mol. The van der Waals surface area contributed by atoms with Crippen LogP contribution < -0.4 is 5.32 Å². The van der Waals surface area contributed by atoms with Gasteiger partial charge < -0.3 is 10.4 Å². The van der Waals surface area contributed by atoms with Crippen LogP contribution in [0.4, 0.5) is 0 Å². The Morgan fingerprint density at radius 2 is 2.33 bits per heavy atom. The molecule has 12 heavy (non-hydrogen) atoms. The van der Waals surface area contributed by atoms with Gasteiger partial charge in [-0.15, -0.1) is 0 Å². The molecule has 2 N–H and O–H groups in total. The lowest BCUT2D eigenvalue weighted by atomic mass is 10.2. The van der Waals surface area contributed by atoms with E-state index in [0.29, 0.717) is 12.6 Å². The van der Waals surface area contributed by atoms with E-state index >= 15 is 0 Å². The fraction of sp³-hybridized carbons (Fsp3) is 1.00. The van der Waals surface area contributed by atoms with Gasteiger partial charge in [0.2, 0.25) is 0 Å². The molecule has 0 aromatic carbocycles. The fourth-order valence-corrected chi connectivity index (χ4v) is 2.52. The zero-order chi connectivity index (χ0) is 8.81. The molecule has 1 unspecified atom stereocenters. The van der Waals surface area contributed by atoms with Crippen LogP contribution in [0.3, 0.4) is 0 Å². The summed E-state index contributed by atoms with van der Waals surface area (Å²) in [6.45, 7) is 0.334. The quantitative estimate of drug-likeness (QED) is 0.588. The van der Waals surface area contributed by atoms with Gasteiger partial charge in [0.25, 0.3) is 0 Å². The summed E-state index contributed by atoms with van der Waals surface area (Å²) in [6.07, 6.45) is 3.75. The molecular formula is C9H19NOS. The first-order valence-corrected chi connectivity index (χ1v) is 5.90. The summed E-state index contributed by atoms with van der Waals surface area (Å²) in [5.41, 5.74) is 0. The molecule has 0 aromatic heterocycles. The molecule has 1 aliphatic rings. The Morgan fingerprint density at radius 1 is 1.58 bits per heavy atom. The minimum atomic E-state index is 0.334. The molecule has 1 saturated carbocycles. The van der Waals surface area contributed by atoms with Crippen LogP contribution in [0, 0.1) is 5.92 Å². The van der Waals surface area contributed by atoms with Crippen molar-refractivity contribution in [1.82, 2.24) is 5.32 Å². The van der Waals surface area contributed by atoms with Crippen molar-refractivity contribution in [2.75, 3.05) is 25.2 Å². The average molecular weight is 189 g/mol. The molecule has 0 heterocycles. The highest BCUT2D eigenvalue weighted by atomic mass is 32.2. The second-order valence-electron chi connectivity index (χ2n) is 3.38. The SMILES string of the molecule is CNC(CSCCCO)C1CC1. The van der Waals surface area contributed by atoms with E-state index in [9.17, 15) is 0 Å². The smallest absolute Gasteiger partial charge is 0.0438 e. The summed E-state index contributed by atoms with van der Waals surface area (Å²) in [5.74, 6) is 3.25. The number of hydrogen-bond donors (Lipinski definition) is 2. The molecule has 0 radical (unpaired) electrons. The van der Waals surface area contributed by atoms with Gasteiger partial charge >= 0.3 is 0 Å². The molecule has 1 rings (SSSR count). The van der Waals surface area contributed by atoms with Gasteiger partial charge in [0, 0.05) is 18.4 Å². The van der Waals surface area contributed by atoms with E-state index < -0.39 is 0 Å². The van der Waals surface area contributed by atoms with Gasteiger partial charge in [-0.3, -0.25) is 0 Å². The van der Waals surface area contributed by atoms with E-state index in [-0.39, 0.29) is 0 Å².